The summed E-state index contributed by atoms with van der Waals surface area (Å²) in [6.07, 6.45) is 1.32. The molecule has 0 aliphatic heterocycles. The van der Waals surface area contributed by atoms with Crippen molar-refractivity contribution in [1.29, 1.82) is 0 Å². The SMILES string of the molecule is C=O.CC(C)(C)N.CNCCc1c(OCc2ccccc2)cc(-c2ccc(C(C)(C)C)cc2C)nc1C.O=CCO. The van der Waals surface area contributed by atoms with Crippen LogP contribution in [0.3, 0.4) is 0 Å². The number of carbonyl (C=O) groups is 2. The van der Waals surface area contributed by atoms with E-state index in [-0.39, 0.29) is 17.6 Å². The van der Waals surface area contributed by atoms with Gasteiger partial charge in [-0.1, -0.05) is 69.3 Å². The number of aldehydes is 1. The van der Waals surface area contributed by atoms with Gasteiger partial charge < -0.3 is 30.5 Å². The molecular weight excluding hydrogens is 514 g/mol. The average molecular weight is 566 g/mol. The van der Waals surface area contributed by atoms with Gasteiger partial charge >= 0.3 is 0 Å². The number of hydrogen-bond donors (Lipinski definition) is 3. The third kappa shape index (κ3) is 15.3. The zero-order valence-corrected chi connectivity index (χ0v) is 26.5. The second kappa shape index (κ2) is 18.9. The monoisotopic (exact) mass is 565 g/mol. The van der Waals surface area contributed by atoms with Gasteiger partial charge in [0, 0.05) is 28.4 Å². The van der Waals surface area contributed by atoms with Gasteiger partial charge in [-0.3, -0.25) is 4.98 Å². The van der Waals surface area contributed by atoms with Gasteiger partial charge in [0.15, 0.2) is 0 Å². The number of benzene rings is 2. The predicted octanol–water partition coefficient (Wildman–Crippen LogP) is 5.74. The maximum Gasteiger partial charge on any atom is 0.145 e. The molecule has 0 bridgehead atoms. The van der Waals surface area contributed by atoms with Crippen molar-refractivity contribution in [1.82, 2.24) is 10.3 Å². The lowest BCUT2D eigenvalue weighted by Gasteiger charge is -2.21. The van der Waals surface area contributed by atoms with Crippen molar-refractivity contribution >= 4 is 13.1 Å². The lowest BCUT2D eigenvalue weighted by Crippen LogP contribution is -2.26. The highest BCUT2D eigenvalue weighted by Crippen LogP contribution is 2.33. The standard InChI is InChI=1S/C27H34N2O.C4H11N.C2H4O2.CH2O/c1-19-16-22(27(3,4)5)12-13-23(19)25-17-26(24(14-15-28-6)20(2)29-25)30-18-21-10-8-7-9-11-21;1-4(2,3)5;3-1-2-4;1-2/h7-13,16-17,28H,14-15,18H2,1-6H3;5H2,1-3H3;1,4H,2H2;1H2. The Morgan fingerprint density at radius 3 is 2.02 bits per heavy atom. The number of rotatable bonds is 8. The number of nitrogens with two attached hydrogens (primary N) is 1. The molecule has 7 nitrogen and oxygen atoms in total. The number of aryl methyl sites for hydroxylation is 2. The Bertz CT molecular complexity index is 1160. The largest absolute Gasteiger partial charge is 0.488 e. The number of aliphatic hydroxyl groups is 1. The topological polar surface area (TPSA) is 115 Å². The van der Waals surface area contributed by atoms with Gasteiger partial charge in [0.05, 0.1) is 12.3 Å². The average Bonchev–Trinajstić information content (AvgIpc) is 2.91. The van der Waals surface area contributed by atoms with E-state index >= 15 is 0 Å². The molecule has 0 saturated carbocycles. The summed E-state index contributed by atoms with van der Waals surface area (Å²) in [6.45, 7) is 20.0. The summed E-state index contributed by atoms with van der Waals surface area (Å²) in [5.41, 5.74) is 13.6. The van der Waals surface area contributed by atoms with Gasteiger partial charge in [-0.15, -0.1) is 0 Å². The molecule has 4 N–H and O–H groups in total. The fourth-order valence-corrected chi connectivity index (χ4v) is 3.64. The van der Waals surface area contributed by atoms with E-state index in [1.54, 1.807) is 0 Å². The van der Waals surface area contributed by atoms with E-state index in [1.165, 1.54) is 22.3 Å². The molecule has 0 saturated heterocycles. The lowest BCUT2D eigenvalue weighted by atomic mass is 9.85. The highest BCUT2D eigenvalue weighted by Gasteiger charge is 2.17. The zero-order chi connectivity index (χ0) is 31.6. The lowest BCUT2D eigenvalue weighted by molar-refractivity contribution is -0.110. The summed E-state index contributed by atoms with van der Waals surface area (Å²) >= 11 is 0. The summed E-state index contributed by atoms with van der Waals surface area (Å²) in [4.78, 5) is 21.9. The Labute approximate surface area is 247 Å². The van der Waals surface area contributed by atoms with E-state index in [1.807, 2.05) is 52.8 Å². The minimum Gasteiger partial charge on any atom is -0.488 e. The Balaban J connectivity index is 0.00000125. The molecule has 0 aliphatic carbocycles. The van der Waals surface area contributed by atoms with E-state index in [9.17, 15) is 0 Å². The molecular formula is C34H51N3O4. The number of aromatic nitrogens is 1. The molecule has 0 aliphatic rings. The molecule has 0 atom stereocenters. The number of nitrogens with one attached hydrogen (secondary N) is 1. The molecule has 7 heteroatoms. The van der Waals surface area contributed by atoms with E-state index in [0.29, 0.717) is 12.9 Å². The molecule has 226 valence electrons. The quantitative estimate of drug-likeness (QED) is 0.298. The number of aliphatic hydroxyl groups excluding tert-OH is 1. The van der Waals surface area contributed by atoms with Crippen molar-refractivity contribution < 1.29 is 19.4 Å². The summed E-state index contributed by atoms with van der Waals surface area (Å²) in [5, 5.41) is 10.7. The molecule has 0 spiro atoms. The van der Waals surface area contributed by atoms with E-state index in [4.69, 9.17) is 30.2 Å². The van der Waals surface area contributed by atoms with Crippen LogP contribution in [0.2, 0.25) is 0 Å². The molecule has 0 radical (unpaired) electrons. The van der Waals surface area contributed by atoms with Crippen LogP contribution >= 0.6 is 0 Å². The summed E-state index contributed by atoms with van der Waals surface area (Å²) in [5.74, 6) is 0.927. The first kappa shape index (κ1) is 37.6. The molecule has 41 heavy (non-hydrogen) atoms. The highest BCUT2D eigenvalue weighted by atomic mass is 16.5. The number of ether oxygens (including phenoxy) is 1. The van der Waals surface area contributed by atoms with Crippen LogP contribution in [0.4, 0.5) is 0 Å². The van der Waals surface area contributed by atoms with Crippen LogP contribution in [0.1, 0.15) is 69.5 Å². The van der Waals surface area contributed by atoms with E-state index in [2.05, 4.69) is 76.3 Å². The van der Waals surface area contributed by atoms with Crippen LogP contribution in [-0.4, -0.2) is 48.9 Å². The first-order chi connectivity index (χ1) is 19.2. The van der Waals surface area contributed by atoms with Crippen molar-refractivity contribution in [3.8, 4) is 17.0 Å². The second-order valence-corrected chi connectivity index (χ2v) is 11.7. The molecule has 3 aromatic rings. The number of carbonyl (C=O) groups excluding carboxylic acids is 2. The normalized spacial score (nSPS) is 10.6. The molecule has 0 unspecified atom stereocenters. The number of nitrogens with zero attached hydrogens (tertiary/aromatic N) is 1. The van der Waals surface area contributed by atoms with Crippen molar-refractivity contribution in [3.05, 3.63) is 82.5 Å². The van der Waals surface area contributed by atoms with Gasteiger partial charge in [-0.2, -0.15) is 0 Å². The Hall–Kier alpha value is -3.39. The molecule has 0 fully saturated rings. The maximum atomic E-state index is 8.92. The van der Waals surface area contributed by atoms with Crippen LogP contribution < -0.4 is 15.8 Å². The van der Waals surface area contributed by atoms with Crippen LogP contribution in [0.15, 0.2) is 54.6 Å². The molecule has 2 aromatic carbocycles. The molecule has 1 heterocycles. The first-order valence-electron chi connectivity index (χ1n) is 13.8. The molecule has 1 aromatic heterocycles. The van der Waals surface area contributed by atoms with Crippen molar-refractivity contribution in [2.24, 2.45) is 5.73 Å². The maximum absolute atomic E-state index is 8.92. The first-order valence-corrected chi connectivity index (χ1v) is 13.8. The van der Waals surface area contributed by atoms with Gasteiger partial charge in [0.1, 0.15) is 25.4 Å². The summed E-state index contributed by atoms with van der Waals surface area (Å²) in [7, 11) is 1.97. The van der Waals surface area contributed by atoms with Gasteiger partial charge in [-0.05, 0) is 76.7 Å². The third-order valence-electron chi connectivity index (χ3n) is 5.60. The minimum atomic E-state index is -0.361. The van der Waals surface area contributed by atoms with Crippen LogP contribution in [0, 0.1) is 13.8 Å². The zero-order valence-electron chi connectivity index (χ0n) is 26.5. The molecule has 0 amide bonds. The van der Waals surface area contributed by atoms with Crippen LogP contribution in [0.25, 0.3) is 11.3 Å². The van der Waals surface area contributed by atoms with Crippen molar-refractivity contribution in [2.45, 2.75) is 79.4 Å². The fraction of sp³-hybridized carbons (Fsp3) is 0.441. The Morgan fingerprint density at radius 1 is 1.00 bits per heavy atom. The summed E-state index contributed by atoms with van der Waals surface area (Å²) < 4.78 is 6.31. The summed E-state index contributed by atoms with van der Waals surface area (Å²) in [6, 6.07) is 19.1. The van der Waals surface area contributed by atoms with Crippen molar-refractivity contribution in [2.75, 3.05) is 20.2 Å². The number of likely N-dealkylation sites (N-methyl/N-ethyl adjacent to an activating group) is 1. The number of pyridine rings is 1. The van der Waals surface area contributed by atoms with Crippen LogP contribution in [-0.2, 0) is 28.0 Å². The van der Waals surface area contributed by atoms with Gasteiger partial charge in [-0.25, -0.2) is 0 Å². The van der Waals surface area contributed by atoms with Crippen LogP contribution in [0.5, 0.6) is 5.75 Å². The second-order valence-electron chi connectivity index (χ2n) is 11.7. The minimum absolute atomic E-state index is 0. The third-order valence-corrected chi connectivity index (χ3v) is 5.60. The fourth-order valence-electron chi connectivity index (χ4n) is 3.64. The van der Waals surface area contributed by atoms with Crippen molar-refractivity contribution in [3.63, 3.8) is 0 Å². The Kier molecular flexibility index (Phi) is 17.3. The molecule has 3 rings (SSSR count). The Morgan fingerprint density at radius 2 is 1.56 bits per heavy atom. The highest BCUT2D eigenvalue weighted by molar-refractivity contribution is 5.67. The van der Waals surface area contributed by atoms with Gasteiger partial charge in [0.25, 0.3) is 0 Å². The van der Waals surface area contributed by atoms with Gasteiger partial charge in [0.2, 0.25) is 0 Å². The van der Waals surface area contributed by atoms with E-state index in [0.717, 1.165) is 35.7 Å². The predicted molar refractivity (Wildman–Crippen MR) is 170 cm³/mol. The number of hydrogen-bond acceptors (Lipinski definition) is 7. The smallest absolute Gasteiger partial charge is 0.145 e. The van der Waals surface area contributed by atoms with E-state index < -0.39 is 0 Å².